The Balaban J connectivity index is 1.47. The molecule has 1 amide bonds. The van der Waals surface area contributed by atoms with E-state index in [9.17, 15) is 4.79 Å². The molecule has 0 aliphatic carbocycles. The predicted molar refractivity (Wildman–Crippen MR) is 91.9 cm³/mol. The molecule has 1 aliphatic heterocycles. The lowest BCUT2D eigenvalue weighted by Gasteiger charge is -2.26. The number of ether oxygens (including phenoxy) is 2. The normalized spacial score (nSPS) is 15.7. The second kappa shape index (κ2) is 7.21. The standard InChI is InChI=1S/C18H21N3O3/c1-21(2)17-8-7-13(11-20-17)18(22)19-10-9-14-12-23-15-5-3-4-6-16(15)24-14/h3-8,11,14H,9-10,12H2,1-2H3,(H,19,22)/t14-/m1/s1. The highest BCUT2D eigenvalue weighted by atomic mass is 16.6. The molecule has 1 aliphatic rings. The monoisotopic (exact) mass is 327 g/mol. The minimum absolute atomic E-state index is 0.0607. The zero-order valence-electron chi connectivity index (χ0n) is 13.9. The second-order valence-corrected chi connectivity index (χ2v) is 5.84. The van der Waals surface area contributed by atoms with Crippen molar-refractivity contribution in [3.63, 3.8) is 0 Å². The van der Waals surface area contributed by atoms with Gasteiger partial charge in [-0.05, 0) is 24.3 Å². The van der Waals surface area contributed by atoms with Crippen LogP contribution in [0.1, 0.15) is 16.8 Å². The summed E-state index contributed by atoms with van der Waals surface area (Å²) in [5.74, 6) is 2.20. The number of nitrogens with zero attached hydrogens (tertiary/aromatic N) is 2. The van der Waals surface area contributed by atoms with Crippen LogP contribution in [0.15, 0.2) is 42.6 Å². The van der Waals surface area contributed by atoms with E-state index in [1.807, 2.05) is 49.3 Å². The van der Waals surface area contributed by atoms with Crippen LogP contribution in [0.5, 0.6) is 11.5 Å². The first-order valence-electron chi connectivity index (χ1n) is 7.93. The maximum Gasteiger partial charge on any atom is 0.252 e. The number of pyridine rings is 1. The molecule has 0 radical (unpaired) electrons. The number of aromatic nitrogens is 1. The van der Waals surface area contributed by atoms with Crippen molar-refractivity contribution in [1.82, 2.24) is 10.3 Å². The number of anilines is 1. The number of nitrogens with one attached hydrogen (secondary N) is 1. The van der Waals surface area contributed by atoms with Gasteiger partial charge in [0.15, 0.2) is 11.5 Å². The molecule has 0 spiro atoms. The first-order valence-corrected chi connectivity index (χ1v) is 7.93. The summed E-state index contributed by atoms with van der Waals surface area (Å²) < 4.78 is 11.5. The molecule has 1 atom stereocenters. The molecule has 0 bridgehead atoms. The van der Waals surface area contributed by atoms with Crippen LogP contribution in [0.3, 0.4) is 0 Å². The van der Waals surface area contributed by atoms with E-state index < -0.39 is 0 Å². The smallest absolute Gasteiger partial charge is 0.252 e. The van der Waals surface area contributed by atoms with Crippen molar-refractivity contribution in [2.24, 2.45) is 0 Å². The number of carbonyl (C=O) groups is 1. The van der Waals surface area contributed by atoms with E-state index in [1.165, 1.54) is 0 Å². The Morgan fingerprint density at radius 1 is 1.25 bits per heavy atom. The molecule has 1 aromatic heterocycles. The highest BCUT2D eigenvalue weighted by Gasteiger charge is 2.20. The van der Waals surface area contributed by atoms with Crippen molar-refractivity contribution in [2.75, 3.05) is 32.1 Å². The number of hydrogen-bond donors (Lipinski definition) is 1. The van der Waals surface area contributed by atoms with Crippen LogP contribution in [-0.4, -0.2) is 44.2 Å². The van der Waals surface area contributed by atoms with Gasteiger partial charge in [-0.3, -0.25) is 4.79 Å². The number of benzene rings is 1. The average Bonchev–Trinajstić information content (AvgIpc) is 2.61. The highest BCUT2D eigenvalue weighted by molar-refractivity contribution is 5.94. The van der Waals surface area contributed by atoms with Gasteiger partial charge in [0, 0.05) is 33.3 Å². The second-order valence-electron chi connectivity index (χ2n) is 5.84. The highest BCUT2D eigenvalue weighted by Crippen LogP contribution is 2.31. The quantitative estimate of drug-likeness (QED) is 0.911. The van der Waals surface area contributed by atoms with Crippen LogP contribution in [0.4, 0.5) is 5.82 Å². The van der Waals surface area contributed by atoms with Gasteiger partial charge in [-0.15, -0.1) is 0 Å². The zero-order chi connectivity index (χ0) is 16.9. The number of amides is 1. The van der Waals surface area contributed by atoms with Crippen molar-refractivity contribution >= 4 is 11.7 Å². The van der Waals surface area contributed by atoms with E-state index in [-0.39, 0.29) is 12.0 Å². The minimum atomic E-state index is -0.134. The van der Waals surface area contributed by atoms with Gasteiger partial charge in [-0.25, -0.2) is 4.98 Å². The largest absolute Gasteiger partial charge is 0.486 e. The summed E-state index contributed by atoms with van der Waals surface area (Å²) in [7, 11) is 3.82. The Morgan fingerprint density at radius 2 is 2.04 bits per heavy atom. The molecule has 0 unspecified atom stereocenters. The van der Waals surface area contributed by atoms with Gasteiger partial charge < -0.3 is 19.7 Å². The SMILES string of the molecule is CN(C)c1ccc(C(=O)NCC[C@@H]2COc3ccccc3O2)cn1. The minimum Gasteiger partial charge on any atom is -0.486 e. The maximum atomic E-state index is 12.1. The molecule has 0 saturated heterocycles. The molecule has 126 valence electrons. The molecule has 2 heterocycles. The Bertz CT molecular complexity index is 701. The van der Waals surface area contributed by atoms with Crippen molar-refractivity contribution in [3.8, 4) is 11.5 Å². The Hall–Kier alpha value is -2.76. The first kappa shape index (κ1) is 16.1. The molecule has 0 fully saturated rings. The first-order chi connectivity index (χ1) is 11.6. The van der Waals surface area contributed by atoms with Crippen LogP contribution in [0.25, 0.3) is 0 Å². The molecule has 24 heavy (non-hydrogen) atoms. The van der Waals surface area contributed by atoms with Crippen LogP contribution in [0, 0.1) is 0 Å². The van der Waals surface area contributed by atoms with Gasteiger partial charge in [0.2, 0.25) is 0 Å². The Kier molecular flexibility index (Phi) is 4.84. The molecule has 0 saturated carbocycles. The van der Waals surface area contributed by atoms with Crippen molar-refractivity contribution in [1.29, 1.82) is 0 Å². The van der Waals surface area contributed by atoms with E-state index in [0.717, 1.165) is 17.3 Å². The lowest BCUT2D eigenvalue weighted by Crippen LogP contribution is -2.34. The lowest BCUT2D eigenvalue weighted by atomic mass is 10.2. The summed E-state index contributed by atoms with van der Waals surface area (Å²) >= 11 is 0. The number of fused-ring (bicyclic) bond motifs is 1. The summed E-state index contributed by atoms with van der Waals surface area (Å²) in [4.78, 5) is 18.3. The topological polar surface area (TPSA) is 63.7 Å². The van der Waals surface area contributed by atoms with Crippen LogP contribution in [-0.2, 0) is 0 Å². The Labute approximate surface area is 141 Å². The predicted octanol–water partition coefficient (Wildman–Crippen LogP) is 2.11. The van der Waals surface area contributed by atoms with Crippen molar-refractivity contribution < 1.29 is 14.3 Å². The Morgan fingerprint density at radius 3 is 2.75 bits per heavy atom. The number of carbonyl (C=O) groups excluding carboxylic acids is 1. The molecule has 6 heteroatoms. The van der Waals surface area contributed by atoms with Crippen LogP contribution < -0.4 is 19.7 Å². The molecule has 2 aromatic rings. The molecule has 1 N–H and O–H groups in total. The van der Waals surface area contributed by atoms with Gasteiger partial charge in [0.25, 0.3) is 5.91 Å². The third-order valence-corrected chi connectivity index (χ3v) is 3.79. The van der Waals surface area contributed by atoms with Crippen molar-refractivity contribution in [3.05, 3.63) is 48.2 Å². The molecule has 6 nitrogen and oxygen atoms in total. The van der Waals surface area contributed by atoms with Crippen molar-refractivity contribution in [2.45, 2.75) is 12.5 Å². The summed E-state index contributed by atoms with van der Waals surface area (Å²) in [6.45, 7) is 1.01. The third kappa shape index (κ3) is 3.76. The fraction of sp³-hybridized carbons (Fsp3) is 0.333. The molecular weight excluding hydrogens is 306 g/mol. The summed E-state index contributed by atoms with van der Waals surface area (Å²) in [6.07, 6.45) is 2.21. The van der Waals surface area contributed by atoms with E-state index in [2.05, 4.69) is 10.3 Å². The van der Waals surface area contributed by atoms with Crippen LogP contribution in [0.2, 0.25) is 0 Å². The van der Waals surface area contributed by atoms with Gasteiger partial charge in [-0.1, -0.05) is 12.1 Å². The molecular formula is C18H21N3O3. The number of para-hydroxylation sites is 2. The van der Waals surface area contributed by atoms with E-state index in [0.29, 0.717) is 25.1 Å². The summed E-state index contributed by atoms with van der Waals surface area (Å²) in [5.41, 5.74) is 0.548. The fourth-order valence-corrected chi connectivity index (χ4v) is 2.44. The average molecular weight is 327 g/mol. The van der Waals surface area contributed by atoms with Crippen LogP contribution >= 0.6 is 0 Å². The third-order valence-electron chi connectivity index (χ3n) is 3.79. The number of hydrogen-bond acceptors (Lipinski definition) is 5. The fourth-order valence-electron chi connectivity index (χ4n) is 2.44. The van der Waals surface area contributed by atoms with Gasteiger partial charge >= 0.3 is 0 Å². The molecule has 1 aromatic carbocycles. The number of rotatable bonds is 5. The molecule has 3 rings (SSSR count). The van der Waals surface area contributed by atoms with E-state index >= 15 is 0 Å². The summed E-state index contributed by atoms with van der Waals surface area (Å²) in [5, 5.41) is 2.89. The van der Waals surface area contributed by atoms with E-state index in [4.69, 9.17) is 9.47 Å². The zero-order valence-corrected chi connectivity index (χ0v) is 13.9. The van der Waals surface area contributed by atoms with Gasteiger partial charge in [0.1, 0.15) is 18.5 Å². The van der Waals surface area contributed by atoms with Gasteiger partial charge in [-0.2, -0.15) is 0 Å². The van der Waals surface area contributed by atoms with Gasteiger partial charge in [0.05, 0.1) is 5.56 Å². The summed E-state index contributed by atoms with van der Waals surface area (Å²) in [6, 6.07) is 11.2. The maximum absolute atomic E-state index is 12.1. The van der Waals surface area contributed by atoms with E-state index in [1.54, 1.807) is 12.3 Å². The lowest BCUT2D eigenvalue weighted by molar-refractivity contribution is 0.0812.